The lowest BCUT2D eigenvalue weighted by Gasteiger charge is -2.19. The fourth-order valence-electron chi connectivity index (χ4n) is 2.41. The van der Waals surface area contributed by atoms with Gasteiger partial charge >= 0.3 is 0 Å². The number of ether oxygens (including phenoxy) is 2. The molecule has 1 amide bonds. The third-order valence-electron chi connectivity index (χ3n) is 3.92. The van der Waals surface area contributed by atoms with E-state index < -0.39 is 0 Å². The molecule has 0 atom stereocenters. The van der Waals surface area contributed by atoms with E-state index in [1.165, 1.54) is 0 Å². The molecule has 6 heteroatoms. The zero-order valence-electron chi connectivity index (χ0n) is 15.2. The van der Waals surface area contributed by atoms with Crippen molar-refractivity contribution in [1.82, 2.24) is 4.90 Å². The Morgan fingerprint density at radius 3 is 2.35 bits per heavy atom. The van der Waals surface area contributed by atoms with Crippen LogP contribution in [-0.4, -0.2) is 43.7 Å². The minimum absolute atomic E-state index is 0.0730. The molecule has 0 saturated heterocycles. The molecular weight excluding hydrogens is 396 g/mol. The molecule has 140 valence electrons. The number of rotatable bonds is 10. The van der Waals surface area contributed by atoms with Gasteiger partial charge in [-0.05, 0) is 53.3 Å². The maximum Gasteiger partial charge on any atom is 0.262 e. The molecule has 5 nitrogen and oxygen atoms in total. The van der Waals surface area contributed by atoms with E-state index in [0.717, 1.165) is 24.1 Å². The van der Waals surface area contributed by atoms with Gasteiger partial charge in [-0.1, -0.05) is 38.1 Å². The SMILES string of the molecule is CCN(CC)CCOc1ccccc1NC(=O)COc1ccccc1Br. The van der Waals surface area contributed by atoms with Gasteiger partial charge in [-0.15, -0.1) is 0 Å². The first-order chi connectivity index (χ1) is 12.6. The normalized spacial score (nSPS) is 10.6. The lowest BCUT2D eigenvalue weighted by Crippen LogP contribution is -2.28. The van der Waals surface area contributed by atoms with Crippen LogP contribution in [0.3, 0.4) is 0 Å². The zero-order valence-corrected chi connectivity index (χ0v) is 16.8. The Kier molecular flexibility index (Phi) is 8.44. The Bertz CT molecular complexity index is 705. The maximum absolute atomic E-state index is 12.2. The summed E-state index contributed by atoms with van der Waals surface area (Å²) in [5.41, 5.74) is 0.646. The molecular formula is C20H25BrN2O3. The molecule has 2 rings (SSSR count). The van der Waals surface area contributed by atoms with Gasteiger partial charge in [-0.25, -0.2) is 0 Å². The summed E-state index contributed by atoms with van der Waals surface area (Å²) in [5.74, 6) is 1.06. The minimum atomic E-state index is -0.236. The zero-order chi connectivity index (χ0) is 18.8. The standard InChI is InChI=1S/C20H25BrN2O3/c1-3-23(4-2)13-14-25-19-12-8-6-10-17(19)22-20(24)15-26-18-11-7-5-9-16(18)21/h5-12H,3-4,13-15H2,1-2H3,(H,22,24). The maximum atomic E-state index is 12.2. The monoisotopic (exact) mass is 420 g/mol. The Labute approximate surface area is 163 Å². The lowest BCUT2D eigenvalue weighted by molar-refractivity contribution is -0.118. The second-order valence-electron chi connectivity index (χ2n) is 5.64. The summed E-state index contributed by atoms with van der Waals surface area (Å²) in [6.07, 6.45) is 0. The van der Waals surface area contributed by atoms with Crippen molar-refractivity contribution in [3.05, 3.63) is 53.0 Å². The molecule has 26 heavy (non-hydrogen) atoms. The first kappa shape index (κ1) is 20.3. The van der Waals surface area contributed by atoms with Gasteiger partial charge in [-0.3, -0.25) is 4.79 Å². The molecule has 0 fully saturated rings. The Hall–Kier alpha value is -2.05. The number of anilines is 1. The average Bonchev–Trinajstić information content (AvgIpc) is 2.66. The number of carbonyl (C=O) groups excluding carboxylic acids is 1. The summed E-state index contributed by atoms with van der Waals surface area (Å²) in [4.78, 5) is 14.5. The van der Waals surface area contributed by atoms with E-state index in [-0.39, 0.29) is 12.5 Å². The predicted octanol–water partition coefficient (Wildman–Crippen LogP) is 4.19. The van der Waals surface area contributed by atoms with E-state index in [4.69, 9.17) is 9.47 Å². The summed E-state index contributed by atoms with van der Waals surface area (Å²) in [6.45, 7) is 7.58. The second-order valence-corrected chi connectivity index (χ2v) is 6.49. The highest BCUT2D eigenvalue weighted by atomic mass is 79.9. The highest BCUT2D eigenvalue weighted by Gasteiger charge is 2.10. The van der Waals surface area contributed by atoms with E-state index in [1.807, 2.05) is 48.5 Å². The number of benzene rings is 2. The van der Waals surface area contributed by atoms with E-state index in [1.54, 1.807) is 0 Å². The van der Waals surface area contributed by atoms with Gasteiger partial charge < -0.3 is 19.7 Å². The van der Waals surface area contributed by atoms with E-state index >= 15 is 0 Å². The number of hydrogen-bond acceptors (Lipinski definition) is 4. The van der Waals surface area contributed by atoms with E-state index in [0.29, 0.717) is 23.8 Å². The summed E-state index contributed by atoms with van der Waals surface area (Å²) in [6, 6.07) is 14.9. The fraction of sp³-hybridized carbons (Fsp3) is 0.350. The van der Waals surface area contributed by atoms with Gasteiger partial charge in [-0.2, -0.15) is 0 Å². The van der Waals surface area contributed by atoms with Crippen molar-refractivity contribution in [3.63, 3.8) is 0 Å². The molecule has 0 heterocycles. The van der Waals surface area contributed by atoms with Crippen LogP contribution in [0.15, 0.2) is 53.0 Å². The predicted molar refractivity (Wildman–Crippen MR) is 108 cm³/mol. The number of amides is 1. The number of nitrogens with one attached hydrogen (secondary N) is 1. The van der Waals surface area contributed by atoms with Crippen molar-refractivity contribution in [2.24, 2.45) is 0 Å². The molecule has 0 bridgehead atoms. The highest BCUT2D eigenvalue weighted by molar-refractivity contribution is 9.10. The van der Waals surface area contributed by atoms with Crippen LogP contribution >= 0.6 is 15.9 Å². The van der Waals surface area contributed by atoms with Crippen LogP contribution in [0.5, 0.6) is 11.5 Å². The molecule has 0 aliphatic carbocycles. The van der Waals surface area contributed by atoms with Gasteiger partial charge in [0.2, 0.25) is 0 Å². The van der Waals surface area contributed by atoms with Crippen LogP contribution in [0.2, 0.25) is 0 Å². The molecule has 2 aromatic rings. The number of nitrogens with zero attached hydrogens (tertiary/aromatic N) is 1. The number of halogens is 1. The van der Waals surface area contributed by atoms with Crippen LogP contribution in [0.4, 0.5) is 5.69 Å². The lowest BCUT2D eigenvalue weighted by atomic mass is 10.3. The van der Waals surface area contributed by atoms with Crippen LogP contribution < -0.4 is 14.8 Å². The Morgan fingerprint density at radius 2 is 1.65 bits per heavy atom. The molecule has 0 radical (unpaired) electrons. The molecule has 0 unspecified atom stereocenters. The van der Waals surface area contributed by atoms with Crippen LogP contribution in [0.1, 0.15) is 13.8 Å². The molecule has 0 aliphatic heterocycles. The highest BCUT2D eigenvalue weighted by Crippen LogP contribution is 2.25. The third kappa shape index (κ3) is 6.35. The van der Waals surface area contributed by atoms with Crippen molar-refractivity contribution in [2.75, 3.05) is 38.2 Å². The quantitative estimate of drug-likeness (QED) is 0.625. The Morgan fingerprint density at radius 1 is 1.00 bits per heavy atom. The van der Waals surface area contributed by atoms with E-state index in [2.05, 4.69) is 40.0 Å². The van der Waals surface area contributed by atoms with Gasteiger partial charge in [0.15, 0.2) is 6.61 Å². The molecule has 0 aliphatic rings. The van der Waals surface area contributed by atoms with E-state index in [9.17, 15) is 4.79 Å². The van der Waals surface area contributed by atoms with Crippen LogP contribution in [0.25, 0.3) is 0 Å². The Balaban J connectivity index is 1.88. The largest absolute Gasteiger partial charge is 0.490 e. The number of hydrogen-bond donors (Lipinski definition) is 1. The second kappa shape index (κ2) is 10.8. The number of carbonyl (C=O) groups is 1. The third-order valence-corrected chi connectivity index (χ3v) is 4.57. The molecule has 0 saturated carbocycles. The molecule has 0 aromatic heterocycles. The van der Waals surface area contributed by atoms with Crippen molar-refractivity contribution in [2.45, 2.75) is 13.8 Å². The minimum Gasteiger partial charge on any atom is -0.490 e. The fourth-order valence-corrected chi connectivity index (χ4v) is 2.81. The topological polar surface area (TPSA) is 50.8 Å². The van der Waals surface area contributed by atoms with Crippen molar-refractivity contribution < 1.29 is 14.3 Å². The summed E-state index contributed by atoms with van der Waals surface area (Å²) in [5, 5.41) is 2.85. The summed E-state index contributed by atoms with van der Waals surface area (Å²) < 4.78 is 12.2. The smallest absolute Gasteiger partial charge is 0.262 e. The van der Waals surface area contributed by atoms with Crippen molar-refractivity contribution in [3.8, 4) is 11.5 Å². The van der Waals surface area contributed by atoms with Gasteiger partial charge in [0.05, 0.1) is 10.2 Å². The van der Waals surface area contributed by atoms with Crippen molar-refractivity contribution in [1.29, 1.82) is 0 Å². The molecule has 2 aromatic carbocycles. The summed E-state index contributed by atoms with van der Waals surface area (Å²) in [7, 11) is 0. The number of para-hydroxylation sites is 3. The van der Waals surface area contributed by atoms with Crippen LogP contribution in [-0.2, 0) is 4.79 Å². The number of likely N-dealkylation sites (N-methyl/N-ethyl adjacent to an activating group) is 1. The average molecular weight is 421 g/mol. The van der Waals surface area contributed by atoms with Crippen molar-refractivity contribution >= 4 is 27.5 Å². The molecule has 1 N–H and O–H groups in total. The van der Waals surface area contributed by atoms with Gasteiger partial charge in [0, 0.05) is 6.54 Å². The first-order valence-electron chi connectivity index (χ1n) is 8.75. The summed E-state index contributed by atoms with van der Waals surface area (Å²) >= 11 is 3.40. The molecule has 0 spiro atoms. The van der Waals surface area contributed by atoms with Gasteiger partial charge in [0.1, 0.15) is 18.1 Å². The van der Waals surface area contributed by atoms with Gasteiger partial charge in [0.25, 0.3) is 5.91 Å². The first-order valence-corrected chi connectivity index (χ1v) is 9.54. The van der Waals surface area contributed by atoms with Crippen LogP contribution in [0, 0.1) is 0 Å².